The summed E-state index contributed by atoms with van der Waals surface area (Å²) in [6.07, 6.45) is 4.98. The predicted molar refractivity (Wildman–Crippen MR) is 73.2 cm³/mol. The van der Waals surface area contributed by atoms with Gasteiger partial charge in [-0.25, -0.2) is 13.4 Å². The standard InChI is InChI=1S/C13H18N2O3S/c1-9(15-18-2)12-8-10-6-4-5-7-11(10)13(14-12)19(3,16)17/h8H,4-7H2,1-3H3. The molecule has 0 bridgehead atoms. The molecule has 2 rings (SSSR count). The molecular formula is C13H18N2O3S. The minimum Gasteiger partial charge on any atom is -0.399 e. The van der Waals surface area contributed by atoms with Gasteiger partial charge in [0.2, 0.25) is 0 Å². The van der Waals surface area contributed by atoms with Crippen molar-refractivity contribution in [1.82, 2.24) is 4.98 Å². The second-order valence-corrected chi connectivity index (χ2v) is 6.72. The lowest BCUT2D eigenvalue weighted by Gasteiger charge is -2.19. The largest absolute Gasteiger partial charge is 0.399 e. The number of aryl methyl sites for hydroxylation is 1. The van der Waals surface area contributed by atoms with Crippen LogP contribution in [0.1, 0.15) is 36.6 Å². The van der Waals surface area contributed by atoms with Gasteiger partial charge in [-0.3, -0.25) is 0 Å². The van der Waals surface area contributed by atoms with Gasteiger partial charge in [-0.1, -0.05) is 5.16 Å². The summed E-state index contributed by atoms with van der Waals surface area (Å²) in [5, 5.41) is 4.03. The Bertz CT molecular complexity index is 621. The molecule has 104 valence electrons. The SMILES string of the molecule is CON=C(C)c1cc2c(c(S(C)(=O)=O)n1)CCCC2. The lowest BCUT2D eigenvalue weighted by atomic mass is 9.92. The zero-order valence-corrected chi connectivity index (χ0v) is 12.2. The molecule has 0 aliphatic heterocycles. The molecule has 0 atom stereocenters. The molecule has 1 aliphatic rings. The van der Waals surface area contributed by atoms with Gasteiger partial charge in [-0.05, 0) is 49.8 Å². The van der Waals surface area contributed by atoms with Crippen molar-refractivity contribution in [2.24, 2.45) is 5.16 Å². The van der Waals surface area contributed by atoms with Crippen molar-refractivity contribution >= 4 is 15.5 Å². The molecule has 0 N–H and O–H groups in total. The molecule has 1 aromatic rings. The maximum atomic E-state index is 11.9. The highest BCUT2D eigenvalue weighted by molar-refractivity contribution is 7.90. The summed E-state index contributed by atoms with van der Waals surface area (Å²) < 4.78 is 23.8. The molecular weight excluding hydrogens is 264 g/mol. The summed E-state index contributed by atoms with van der Waals surface area (Å²) in [6.45, 7) is 1.76. The zero-order valence-electron chi connectivity index (χ0n) is 11.4. The van der Waals surface area contributed by atoms with E-state index in [9.17, 15) is 8.42 Å². The first kappa shape index (κ1) is 14.0. The summed E-state index contributed by atoms with van der Waals surface area (Å²) in [5.74, 6) is 0. The van der Waals surface area contributed by atoms with E-state index >= 15 is 0 Å². The molecule has 1 heterocycles. The molecule has 5 nitrogen and oxygen atoms in total. The molecule has 0 spiro atoms. The van der Waals surface area contributed by atoms with E-state index in [4.69, 9.17) is 4.84 Å². The van der Waals surface area contributed by atoms with E-state index in [1.54, 1.807) is 6.92 Å². The predicted octanol–water partition coefficient (Wildman–Crippen LogP) is 1.73. The summed E-state index contributed by atoms with van der Waals surface area (Å²) in [6, 6.07) is 1.93. The summed E-state index contributed by atoms with van der Waals surface area (Å²) in [4.78, 5) is 9.00. The van der Waals surface area contributed by atoms with Crippen LogP contribution in [0.2, 0.25) is 0 Å². The van der Waals surface area contributed by atoms with E-state index < -0.39 is 9.84 Å². The normalized spacial score (nSPS) is 16.1. The monoisotopic (exact) mass is 282 g/mol. The Balaban J connectivity index is 2.65. The van der Waals surface area contributed by atoms with Crippen LogP contribution in [0, 0.1) is 0 Å². The molecule has 0 fully saturated rings. The average Bonchev–Trinajstić information content (AvgIpc) is 2.36. The molecule has 0 saturated carbocycles. The molecule has 0 unspecified atom stereocenters. The van der Waals surface area contributed by atoms with Crippen LogP contribution in [0.25, 0.3) is 0 Å². The fourth-order valence-corrected chi connectivity index (χ4v) is 3.33. The van der Waals surface area contributed by atoms with Crippen LogP contribution in [0.3, 0.4) is 0 Å². The minimum atomic E-state index is -3.32. The maximum Gasteiger partial charge on any atom is 0.193 e. The molecule has 0 radical (unpaired) electrons. The first-order valence-electron chi connectivity index (χ1n) is 6.24. The molecule has 1 aliphatic carbocycles. The van der Waals surface area contributed by atoms with Crippen molar-refractivity contribution in [3.63, 3.8) is 0 Å². The van der Waals surface area contributed by atoms with Crippen molar-refractivity contribution < 1.29 is 13.3 Å². The van der Waals surface area contributed by atoms with Gasteiger partial charge in [0.25, 0.3) is 0 Å². The van der Waals surface area contributed by atoms with Gasteiger partial charge >= 0.3 is 0 Å². The van der Waals surface area contributed by atoms with E-state index in [-0.39, 0.29) is 5.03 Å². The van der Waals surface area contributed by atoms with E-state index in [2.05, 4.69) is 10.1 Å². The van der Waals surface area contributed by atoms with Crippen LogP contribution in [-0.2, 0) is 27.5 Å². The number of hydrogen-bond donors (Lipinski definition) is 0. The topological polar surface area (TPSA) is 68.6 Å². The number of oxime groups is 1. The van der Waals surface area contributed by atoms with Crippen molar-refractivity contribution in [1.29, 1.82) is 0 Å². The Hall–Kier alpha value is -1.43. The number of pyridine rings is 1. The molecule has 6 heteroatoms. The number of fused-ring (bicyclic) bond motifs is 1. The number of nitrogens with zero attached hydrogens (tertiary/aromatic N) is 2. The first-order valence-corrected chi connectivity index (χ1v) is 8.13. The third-order valence-corrected chi connectivity index (χ3v) is 4.29. The van der Waals surface area contributed by atoms with Crippen LogP contribution >= 0.6 is 0 Å². The lowest BCUT2D eigenvalue weighted by molar-refractivity contribution is 0.213. The maximum absolute atomic E-state index is 11.9. The van der Waals surface area contributed by atoms with Crippen LogP contribution in [0.15, 0.2) is 16.2 Å². The first-order chi connectivity index (χ1) is 8.93. The van der Waals surface area contributed by atoms with Crippen LogP contribution in [0.4, 0.5) is 0 Å². The third-order valence-electron chi connectivity index (χ3n) is 3.25. The number of rotatable bonds is 3. The van der Waals surface area contributed by atoms with Crippen LogP contribution in [-0.4, -0.2) is 32.5 Å². The smallest absolute Gasteiger partial charge is 0.193 e. The Labute approximate surface area is 113 Å². The number of hydrogen-bond acceptors (Lipinski definition) is 5. The van der Waals surface area contributed by atoms with Crippen molar-refractivity contribution in [2.75, 3.05) is 13.4 Å². The van der Waals surface area contributed by atoms with Crippen LogP contribution in [0.5, 0.6) is 0 Å². The van der Waals surface area contributed by atoms with Gasteiger partial charge in [-0.15, -0.1) is 0 Å². The van der Waals surface area contributed by atoms with Gasteiger partial charge in [-0.2, -0.15) is 0 Å². The third kappa shape index (κ3) is 2.94. The van der Waals surface area contributed by atoms with Crippen molar-refractivity contribution in [3.8, 4) is 0 Å². The summed E-state index contributed by atoms with van der Waals surface area (Å²) in [5.41, 5.74) is 3.11. The molecule has 1 aromatic heterocycles. The van der Waals surface area contributed by atoms with E-state index in [1.807, 2.05) is 6.07 Å². The highest BCUT2D eigenvalue weighted by Gasteiger charge is 2.22. The van der Waals surface area contributed by atoms with Crippen molar-refractivity contribution in [2.45, 2.75) is 37.6 Å². The average molecular weight is 282 g/mol. The molecule has 0 aromatic carbocycles. The van der Waals surface area contributed by atoms with Gasteiger partial charge in [0.1, 0.15) is 12.8 Å². The Kier molecular flexibility index (Phi) is 3.89. The summed E-state index contributed by atoms with van der Waals surface area (Å²) >= 11 is 0. The minimum absolute atomic E-state index is 0.199. The Morgan fingerprint density at radius 2 is 2.05 bits per heavy atom. The number of sulfone groups is 1. The van der Waals surface area contributed by atoms with E-state index in [0.29, 0.717) is 11.4 Å². The lowest BCUT2D eigenvalue weighted by Crippen LogP contribution is -2.15. The molecule has 0 saturated heterocycles. The second-order valence-electron chi connectivity index (χ2n) is 4.79. The van der Waals surface area contributed by atoms with Gasteiger partial charge in [0, 0.05) is 6.26 Å². The Morgan fingerprint density at radius 3 is 2.68 bits per heavy atom. The summed E-state index contributed by atoms with van der Waals surface area (Å²) in [7, 11) is -1.86. The molecule has 0 amide bonds. The quantitative estimate of drug-likeness (QED) is 0.625. The fraction of sp³-hybridized carbons (Fsp3) is 0.538. The molecule has 19 heavy (non-hydrogen) atoms. The van der Waals surface area contributed by atoms with E-state index in [0.717, 1.165) is 36.8 Å². The van der Waals surface area contributed by atoms with Gasteiger partial charge in [0.15, 0.2) is 14.9 Å². The van der Waals surface area contributed by atoms with Crippen LogP contribution < -0.4 is 0 Å². The van der Waals surface area contributed by atoms with E-state index in [1.165, 1.54) is 13.4 Å². The zero-order chi connectivity index (χ0) is 14.0. The Morgan fingerprint density at radius 1 is 1.37 bits per heavy atom. The number of aromatic nitrogens is 1. The van der Waals surface area contributed by atoms with Crippen molar-refractivity contribution in [3.05, 3.63) is 22.9 Å². The second kappa shape index (κ2) is 5.28. The highest BCUT2D eigenvalue weighted by Crippen LogP contribution is 2.27. The fourth-order valence-electron chi connectivity index (χ4n) is 2.38. The van der Waals surface area contributed by atoms with Gasteiger partial charge < -0.3 is 4.84 Å². The highest BCUT2D eigenvalue weighted by atomic mass is 32.2. The van der Waals surface area contributed by atoms with Gasteiger partial charge in [0.05, 0.1) is 5.69 Å².